The second-order valence-corrected chi connectivity index (χ2v) is 9.93. The topological polar surface area (TPSA) is 84.1 Å². The minimum Gasteiger partial charge on any atom is -0.455 e. The van der Waals surface area contributed by atoms with Crippen molar-refractivity contribution in [3.8, 4) is 22.5 Å². The highest BCUT2D eigenvalue weighted by Gasteiger charge is 2.25. The fourth-order valence-corrected chi connectivity index (χ4v) is 5.21. The lowest BCUT2D eigenvalue weighted by Crippen LogP contribution is -2.37. The van der Waals surface area contributed by atoms with Gasteiger partial charge in [0, 0.05) is 33.4 Å². The van der Waals surface area contributed by atoms with Gasteiger partial charge in [-0.1, -0.05) is 66.7 Å². The van der Waals surface area contributed by atoms with Gasteiger partial charge in [-0.3, -0.25) is 4.79 Å². The van der Waals surface area contributed by atoms with E-state index >= 15 is 0 Å². The first-order valence-electron chi connectivity index (χ1n) is 12.9. The van der Waals surface area contributed by atoms with Gasteiger partial charge in [0.05, 0.1) is 17.6 Å². The molecule has 2 heterocycles. The van der Waals surface area contributed by atoms with E-state index in [-0.39, 0.29) is 11.5 Å². The fraction of sp³-hybridized carbons (Fsp3) is 0.125. The number of para-hydroxylation sites is 1. The van der Waals surface area contributed by atoms with Crippen LogP contribution >= 0.6 is 0 Å². The highest BCUT2D eigenvalue weighted by Crippen LogP contribution is 2.35. The summed E-state index contributed by atoms with van der Waals surface area (Å²) >= 11 is 0. The predicted octanol–water partition coefficient (Wildman–Crippen LogP) is 5.97. The van der Waals surface area contributed by atoms with Crippen LogP contribution < -0.4 is 16.2 Å². The lowest BCUT2D eigenvalue weighted by molar-refractivity contribution is 0.286. The molecule has 6 nitrogen and oxygen atoms in total. The molecule has 1 atom stereocenters. The zero-order valence-corrected chi connectivity index (χ0v) is 21.9. The van der Waals surface area contributed by atoms with Crippen LogP contribution in [0.1, 0.15) is 35.2 Å². The number of aryl methyl sites for hydroxylation is 1. The van der Waals surface area contributed by atoms with E-state index < -0.39 is 7.12 Å². The molecule has 0 bridgehead atoms. The van der Waals surface area contributed by atoms with Gasteiger partial charge in [0.2, 0.25) is 0 Å². The molecule has 0 amide bonds. The van der Waals surface area contributed by atoms with Crippen molar-refractivity contribution in [1.29, 1.82) is 0 Å². The quantitative estimate of drug-likeness (QED) is 0.283. The molecule has 4 aromatic carbocycles. The highest BCUT2D eigenvalue weighted by atomic mass is 16.6. The summed E-state index contributed by atoms with van der Waals surface area (Å²) < 4.78 is 11.5. The maximum atomic E-state index is 13.5. The molecule has 0 spiro atoms. The number of nitrogens with one attached hydrogen (secondary N) is 1. The minimum absolute atomic E-state index is 0.0189. The van der Waals surface area contributed by atoms with Gasteiger partial charge in [-0.15, -0.1) is 5.16 Å². The molecule has 1 aliphatic rings. The van der Waals surface area contributed by atoms with Gasteiger partial charge in [0.1, 0.15) is 11.3 Å². The number of hydrogen-bond acceptors (Lipinski definition) is 6. The van der Waals surface area contributed by atoms with Gasteiger partial charge in [-0.2, -0.15) is 0 Å². The molecule has 1 aliphatic heterocycles. The molecule has 0 radical (unpaired) electrons. The standard InChI is InChI=1S/C32H27BN2O4/c1-19-15-26(32-27(16-19)30(36)20(2)31(38-32)22-9-5-4-6-10-22)21(3)35-29-12-8-7-11-25(29)23-13-14-28-24(17-23)18-34-39-33(28)37/h4-18,21,35,37H,1-3H3/t21-/m1/s1. The number of rotatable bonds is 5. The number of hydrogen-bond donors (Lipinski definition) is 2. The van der Waals surface area contributed by atoms with Crippen LogP contribution in [0.3, 0.4) is 0 Å². The van der Waals surface area contributed by atoms with Crippen molar-refractivity contribution in [3.05, 3.63) is 117 Å². The summed E-state index contributed by atoms with van der Waals surface area (Å²) in [6.07, 6.45) is 1.61. The number of anilines is 1. The summed E-state index contributed by atoms with van der Waals surface area (Å²) in [5, 5.41) is 18.1. The summed E-state index contributed by atoms with van der Waals surface area (Å²) in [7, 11) is -1.07. The molecule has 0 fully saturated rings. The molecule has 0 saturated carbocycles. The van der Waals surface area contributed by atoms with E-state index in [9.17, 15) is 9.82 Å². The first-order valence-corrected chi connectivity index (χ1v) is 12.9. The molecule has 0 aliphatic carbocycles. The fourth-order valence-electron chi connectivity index (χ4n) is 5.21. The van der Waals surface area contributed by atoms with Crippen LogP contribution in [0.25, 0.3) is 33.4 Å². The van der Waals surface area contributed by atoms with Gasteiger partial charge in [0.25, 0.3) is 0 Å². The Bertz CT molecular complexity index is 1800. The largest absolute Gasteiger partial charge is 0.583 e. The minimum atomic E-state index is -1.07. The third-order valence-corrected chi connectivity index (χ3v) is 7.21. The highest BCUT2D eigenvalue weighted by molar-refractivity contribution is 6.62. The summed E-state index contributed by atoms with van der Waals surface area (Å²) in [5.74, 6) is 0.590. The van der Waals surface area contributed by atoms with Gasteiger partial charge in [-0.25, -0.2) is 0 Å². The maximum Gasteiger partial charge on any atom is 0.583 e. The lowest BCUT2D eigenvalue weighted by atomic mass is 9.75. The van der Waals surface area contributed by atoms with Crippen LogP contribution in [-0.2, 0) is 4.76 Å². The number of benzene rings is 4. The number of fused-ring (bicyclic) bond motifs is 2. The Hall–Kier alpha value is -4.62. The maximum absolute atomic E-state index is 13.5. The molecule has 2 N–H and O–H groups in total. The van der Waals surface area contributed by atoms with E-state index in [1.165, 1.54) is 0 Å². The number of oxime groups is 1. The Morgan fingerprint density at radius 2 is 1.69 bits per heavy atom. The molecular formula is C32H27BN2O4. The number of nitrogens with zero attached hydrogens (tertiary/aromatic N) is 1. The van der Waals surface area contributed by atoms with Crippen molar-refractivity contribution in [3.63, 3.8) is 0 Å². The van der Waals surface area contributed by atoms with Gasteiger partial charge in [0.15, 0.2) is 5.43 Å². The van der Waals surface area contributed by atoms with Crippen LogP contribution in [0, 0.1) is 13.8 Å². The summed E-state index contributed by atoms with van der Waals surface area (Å²) in [4.78, 5) is 13.5. The van der Waals surface area contributed by atoms with Gasteiger partial charge < -0.3 is 19.5 Å². The van der Waals surface area contributed by atoms with Gasteiger partial charge >= 0.3 is 7.12 Å². The Labute approximate surface area is 226 Å². The lowest BCUT2D eigenvalue weighted by Gasteiger charge is -2.21. The Morgan fingerprint density at radius 3 is 2.51 bits per heavy atom. The Morgan fingerprint density at radius 1 is 0.923 bits per heavy atom. The SMILES string of the molecule is Cc1cc([C@@H](C)Nc2ccccc2-c2ccc3c(c2)C=NOB3O)c2oc(-c3ccccc3)c(C)c(=O)c2c1. The van der Waals surface area contributed by atoms with E-state index in [0.29, 0.717) is 27.8 Å². The molecule has 1 aromatic heterocycles. The van der Waals surface area contributed by atoms with Crippen LogP contribution in [0.2, 0.25) is 0 Å². The van der Waals surface area contributed by atoms with Crippen LogP contribution in [0.4, 0.5) is 5.69 Å². The monoisotopic (exact) mass is 514 g/mol. The molecule has 0 unspecified atom stereocenters. The van der Waals surface area contributed by atoms with Crippen molar-refractivity contribution in [2.75, 3.05) is 5.32 Å². The van der Waals surface area contributed by atoms with Crippen molar-refractivity contribution < 1.29 is 14.2 Å². The third kappa shape index (κ3) is 4.51. The normalized spacial score (nSPS) is 13.2. The molecule has 39 heavy (non-hydrogen) atoms. The van der Waals surface area contributed by atoms with Crippen molar-refractivity contribution in [2.45, 2.75) is 26.8 Å². The van der Waals surface area contributed by atoms with E-state index in [1.54, 1.807) is 6.21 Å². The molecule has 6 rings (SSSR count). The molecule has 192 valence electrons. The zero-order valence-electron chi connectivity index (χ0n) is 21.9. The van der Waals surface area contributed by atoms with Crippen molar-refractivity contribution in [1.82, 2.24) is 0 Å². The summed E-state index contributed by atoms with van der Waals surface area (Å²) in [6.45, 7) is 5.89. The molecule has 5 aromatic rings. The van der Waals surface area contributed by atoms with Crippen LogP contribution in [0.15, 0.2) is 99.3 Å². The summed E-state index contributed by atoms with van der Waals surface area (Å²) in [5.41, 5.74) is 8.35. The smallest absolute Gasteiger partial charge is 0.455 e. The Kier molecular flexibility index (Phi) is 6.29. The second-order valence-electron chi connectivity index (χ2n) is 9.93. The van der Waals surface area contributed by atoms with Gasteiger partial charge in [-0.05, 0) is 55.7 Å². The molecule has 7 heteroatoms. The van der Waals surface area contributed by atoms with Crippen molar-refractivity contribution in [2.24, 2.45) is 5.16 Å². The summed E-state index contributed by atoms with van der Waals surface area (Å²) in [6, 6.07) is 27.4. The van der Waals surface area contributed by atoms with E-state index in [4.69, 9.17) is 9.17 Å². The van der Waals surface area contributed by atoms with E-state index in [2.05, 4.69) is 29.5 Å². The average molecular weight is 514 g/mol. The molecular weight excluding hydrogens is 487 g/mol. The third-order valence-electron chi connectivity index (χ3n) is 7.21. The second kappa shape index (κ2) is 9.93. The zero-order chi connectivity index (χ0) is 27.1. The first-order chi connectivity index (χ1) is 18.9. The first kappa shape index (κ1) is 24.7. The van der Waals surface area contributed by atoms with E-state index in [1.807, 2.05) is 86.6 Å². The molecule has 0 saturated heterocycles. The Balaban J connectivity index is 1.43. The predicted molar refractivity (Wildman–Crippen MR) is 158 cm³/mol. The van der Waals surface area contributed by atoms with Crippen molar-refractivity contribution >= 4 is 35.5 Å². The van der Waals surface area contributed by atoms with Crippen LogP contribution in [0.5, 0.6) is 0 Å². The average Bonchev–Trinajstić information content (AvgIpc) is 2.95. The van der Waals surface area contributed by atoms with Crippen LogP contribution in [-0.4, -0.2) is 18.4 Å². The van der Waals surface area contributed by atoms with E-state index in [0.717, 1.165) is 39.1 Å².